The van der Waals surface area contributed by atoms with E-state index < -0.39 is 52.2 Å². The molecule has 4 rings (SSSR count). The van der Waals surface area contributed by atoms with Crippen LogP contribution in [0.25, 0.3) is 22.3 Å². The number of carbonyl (C=O) groups excluding carboxylic acids is 1. The second kappa shape index (κ2) is 14.3. The summed E-state index contributed by atoms with van der Waals surface area (Å²) >= 11 is 0. The number of rotatable bonds is 13. The Morgan fingerprint density at radius 1 is 0.891 bits per heavy atom. The molecule has 0 aliphatic carbocycles. The number of primary sulfonamides is 1. The van der Waals surface area contributed by atoms with Crippen molar-refractivity contribution in [1.29, 1.82) is 0 Å². The lowest BCUT2D eigenvalue weighted by atomic mass is 9.92. The zero-order valence-corrected chi connectivity index (χ0v) is 26.0. The number of sulfonamides is 1. The van der Waals surface area contributed by atoms with E-state index >= 15 is 0 Å². The van der Waals surface area contributed by atoms with E-state index in [0.29, 0.717) is 27.9 Å². The van der Waals surface area contributed by atoms with E-state index in [4.69, 9.17) is 10.2 Å². The highest BCUT2D eigenvalue weighted by atomic mass is 32.2. The number of aliphatic hydroxyl groups is 2. The van der Waals surface area contributed by atoms with E-state index in [9.17, 15) is 37.0 Å². The van der Waals surface area contributed by atoms with E-state index in [0.717, 1.165) is 0 Å². The minimum absolute atomic E-state index is 0.0714. The average Bonchev–Trinajstić information content (AvgIpc) is 3.31. The first-order valence-electron chi connectivity index (χ1n) is 14.5. The van der Waals surface area contributed by atoms with E-state index in [1.54, 1.807) is 4.57 Å². The van der Waals surface area contributed by atoms with Gasteiger partial charge in [0.25, 0.3) is 5.91 Å². The van der Waals surface area contributed by atoms with Gasteiger partial charge in [0, 0.05) is 28.6 Å². The zero-order chi connectivity index (χ0) is 33.8. The first-order valence-corrected chi connectivity index (χ1v) is 16.0. The molecule has 3 aromatic carbocycles. The van der Waals surface area contributed by atoms with Crippen molar-refractivity contribution >= 4 is 27.6 Å². The highest BCUT2D eigenvalue weighted by Gasteiger charge is 2.31. The summed E-state index contributed by atoms with van der Waals surface area (Å²) in [5, 5.41) is 37.8. The maximum absolute atomic E-state index is 14.2. The van der Waals surface area contributed by atoms with E-state index in [2.05, 4.69) is 5.32 Å². The molecule has 10 nitrogen and oxygen atoms in total. The zero-order valence-electron chi connectivity index (χ0n) is 25.2. The van der Waals surface area contributed by atoms with Crippen LogP contribution in [0.3, 0.4) is 0 Å². The molecule has 2 atom stereocenters. The van der Waals surface area contributed by atoms with Crippen LogP contribution in [0.1, 0.15) is 55.3 Å². The number of benzene rings is 3. The summed E-state index contributed by atoms with van der Waals surface area (Å²) in [5.41, 5.74) is 2.74. The summed E-state index contributed by atoms with van der Waals surface area (Å²) in [5.74, 6) is -2.84. The molecular formula is C33H35F2N3O7S. The van der Waals surface area contributed by atoms with Crippen molar-refractivity contribution in [2.75, 3.05) is 5.32 Å². The molecule has 1 aromatic heterocycles. The predicted octanol–water partition coefficient (Wildman–Crippen LogP) is 5.10. The Morgan fingerprint density at radius 2 is 1.46 bits per heavy atom. The van der Waals surface area contributed by atoms with Crippen molar-refractivity contribution in [3.63, 3.8) is 0 Å². The SMILES string of the molecule is CC(C)n1c(CC[C@@H](O)C[C@@H](O)CC(=O)O)c(-c2ccc(F)cc2)c(-c2ccc(F)cc2)c1C(=O)Nc1cccc(S(N)(=O)=O)c1. The molecule has 0 saturated carbocycles. The lowest BCUT2D eigenvalue weighted by Gasteiger charge is -2.20. The average molecular weight is 656 g/mol. The quantitative estimate of drug-likeness (QED) is 0.133. The van der Waals surface area contributed by atoms with Crippen LogP contribution in [0.5, 0.6) is 0 Å². The van der Waals surface area contributed by atoms with E-state index in [-0.39, 0.29) is 41.6 Å². The van der Waals surface area contributed by atoms with Crippen LogP contribution in [0.2, 0.25) is 0 Å². The van der Waals surface area contributed by atoms with Crippen LogP contribution in [0.15, 0.2) is 77.7 Å². The molecule has 13 heteroatoms. The molecule has 4 aromatic rings. The van der Waals surface area contributed by atoms with Gasteiger partial charge in [0.05, 0.1) is 23.5 Å². The molecule has 1 amide bonds. The van der Waals surface area contributed by atoms with Gasteiger partial charge in [0.1, 0.15) is 17.3 Å². The van der Waals surface area contributed by atoms with Gasteiger partial charge in [0.2, 0.25) is 10.0 Å². The number of aliphatic hydroxyl groups excluding tert-OH is 2. The third kappa shape index (κ3) is 8.23. The largest absolute Gasteiger partial charge is 0.481 e. The number of carboxylic acids is 1. The normalized spacial score (nSPS) is 13.0. The second-order valence-electron chi connectivity index (χ2n) is 11.2. The third-order valence-corrected chi connectivity index (χ3v) is 8.30. The summed E-state index contributed by atoms with van der Waals surface area (Å²) in [6.45, 7) is 3.66. The summed E-state index contributed by atoms with van der Waals surface area (Å²) in [4.78, 5) is 25.0. The third-order valence-electron chi connectivity index (χ3n) is 7.39. The minimum atomic E-state index is -4.07. The van der Waals surface area contributed by atoms with Gasteiger partial charge in [-0.3, -0.25) is 9.59 Å². The molecule has 6 N–H and O–H groups in total. The van der Waals surface area contributed by atoms with Crippen molar-refractivity contribution in [2.24, 2.45) is 5.14 Å². The number of carboxylic acid groups (broad SMARTS) is 1. The Labute approximate surface area is 265 Å². The summed E-state index contributed by atoms with van der Waals surface area (Å²) in [6, 6.07) is 16.1. The van der Waals surface area contributed by atoms with E-state index in [1.807, 2.05) is 13.8 Å². The van der Waals surface area contributed by atoms with Gasteiger partial charge in [-0.15, -0.1) is 0 Å². The summed E-state index contributed by atoms with van der Waals surface area (Å²) < 4.78 is 53.8. The van der Waals surface area contributed by atoms with Gasteiger partial charge >= 0.3 is 5.97 Å². The lowest BCUT2D eigenvalue weighted by molar-refractivity contribution is -0.139. The Bertz CT molecular complexity index is 1820. The molecule has 0 radical (unpaired) electrons. The molecular weight excluding hydrogens is 620 g/mol. The van der Waals surface area contributed by atoms with Crippen molar-refractivity contribution in [2.45, 2.75) is 62.7 Å². The van der Waals surface area contributed by atoms with Crippen LogP contribution in [0, 0.1) is 11.6 Å². The Morgan fingerprint density at radius 3 is 1.98 bits per heavy atom. The first kappa shape index (κ1) is 34.4. The summed E-state index contributed by atoms with van der Waals surface area (Å²) in [6.07, 6.45) is -2.88. The monoisotopic (exact) mass is 655 g/mol. The molecule has 0 spiro atoms. The number of amides is 1. The maximum Gasteiger partial charge on any atom is 0.305 e. The number of anilines is 1. The molecule has 0 aliphatic rings. The van der Waals surface area contributed by atoms with Crippen LogP contribution in [-0.2, 0) is 21.2 Å². The number of aromatic nitrogens is 1. The van der Waals surface area contributed by atoms with Crippen LogP contribution < -0.4 is 10.5 Å². The summed E-state index contributed by atoms with van der Waals surface area (Å²) in [7, 11) is -4.07. The smallest absolute Gasteiger partial charge is 0.305 e. The van der Waals surface area contributed by atoms with Gasteiger partial charge in [0.15, 0.2) is 0 Å². The number of hydrogen-bond acceptors (Lipinski definition) is 6. The topological polar surface area (TPSA) is 172 Å². The van der Waals surface area contributed by atoms with Gasteiger partial charge in [-0.25, -0.2) is 22.3 Å². The van der Waals surface area contributed by atoms with E-state index in [1.165, 1.54) is 72.8 Å². The van der Waals surface area contributed by atoms with Crippen molar-refractivity contribution in [3.8, 4) is 22.3 Å². The Kier molecular flexibility index (Phi) is 10.7. The first-order chi connectivity index (χ1) is 21.6. The van der Waals surface area contributed by atoms with Gasteiger partial charge in [-0.1, -0.05) is 30.3 Å². The number of hydrogen-bond donors (Lipinski definition) is 5. The molecule has 1 heterocycles. The molecule has 0 aliphatic heterocycles. The molecule has 0 saturated heterocycles. The highest BCUT2D eigenvalue weighted by molar-refractivity contribution is 7.89. The molecule has 0 fully saturated rings. The second-order valence-corrected chi connectivity index (χ2v) is 12.8. The number of nitrogens with two attached hydrogens (primary N) is 1. The van der Waals surface area contributed by atoms with Crippen molar-refractivity contribution in [1.82, 2.24) is 4.57 Å². The fraction of sp³-hybridized carbons (Fsp3) is 0.273. The molecule has 46 heavy (non-hydrogen) atoms. The lowest BCUT2D eigenvalue weighted by Crippen LogP contribution is -2.23. The van der Waals surface area contributed by atoms with Gasteiger partial charge < -0.3 is 25.2 Å². The number of carbonyl (C=O) groups is 2. The van der Waals surface area contributed by atoms with Crippen molar-refractivity contribution in [3.05, 3.63) is 95.8 Å². The maximum atomic E-state index is 14.2. The highest BCUT2D eigenvalue weighted by Crippen LogP contribution is 2.43. The number of halogens is 2. The predicted molar refractivity (Wildman–Crippen MR) is 169 cm³/mol. The fourth-order valence-corrected chi connectivity index (χ4v) is 6.02. The molecule has 244 valence electrons. The minimum Gasteiger partial charge on any atom is -0.481 e. The Hall–Kier alpha value is -4.43. The Balaban J connectivity index is 1.93. The van der Waals surface area contributed by atoms with Gasteiger partial charge in [-0.2, -0.15) is 0 Å². The van der Waals surface area contributed by atoms with Gasteiger partial charge in [-0.05, 0) is 86.7 Å². The molecule has 0 unspecified atom stereocenters. The fourth-order valence-electron chi connectivity index (χ4n) is 5.46. The van der Waals surface area contributed by atoms with Crippen molar-refractivity contribution < 1.29 is 42.1 Å². The number of aliphatic carboxylic acids is 1. The van der Waals surface area contributed by atoms with Crippen LogP contribution in [-0.4, -0.2) is 52.4 Å². The molecule has 0 bridgehead atoms. The number of nitrogens with one attached hydrogen (secondary N) is 1. The van der Waals surface area contributed by atoms with Crippen LogP contribution >= 0.6 is 0 Å². The standard InChI is InChI=1S/C33H35F2N3O7S/c1-19(2)38-28(15-14-25(39)17-26(40)18-29(41)42)30(20-6-10-22(34)11-7-20)31(21-8-12-23(35)13-9-21)32(38)33(43)37-24-4-3-5-27(16-24)46(36,44)45/h3-13,16,19,25-26,39-40H,14-15,17-18H2,1-2H3,(H,37,43)(H,41,42)(H2,36,44,45)/t25-,26-/m1/s1. The van der Waals surface area contributed by atoms with Crippen LogP contribution in [0.4, 0.5) is 14.5 Å². The number of nitrogens with zero attached hydrogens (tertiary/aromatic N) is 1.